The van der Waals surface area contributed by atoms with E-state index in [9.17, 15) is 14.4 Å². The Balaban J connectivity index is 1.38. The van der Waals surface area contributed by atoms with Crippen LogP contribution >= 0.6 is 0 Å². The molecule has 6 nitrogen and oxygen atoms in total. The van der Waals surface area contributed by atoms with E-state index in [2.05, 4.69) is 5.32 Å². The SMILES string of the molecule is C[C@@H]1C[C@H](Nc2ccccc2)c2ccccc2N1C(=O)CN1C(=O)[C@@H]2CCCC[C@H]2C1=O. The molecule has 0 bridgehead atoms. The van der Waals surface area contributed by atoms with Gasteiger partial charge in [0.25, 0.3) is 0 Å². The van der Waals surface area contributed by atoms with Crippen LogP contribution in [-0.4, -0.2) is 35.2 Å². The average Bonchev–Trinajstić information content (AvgIpc) is 3.05. The number of carbonyl (C=O) groups is 3. The minimum absolute atomic E-state index is 0.0614. The number of hydrogen-bond donors (Lipinski definition) is 1. The Hall–Kier alpha value is -3.15. The highest BCUT2D eigenvalue weighted by molar-refractivity contribution is 6.09. The Morgan fingerprint density at radius 1 is 0.938 bits per heavy atom. The lowest BCUT2D eigenvalue weighted by Crippen LogP contribution is -2.49. The average molecular weight is 432 g/mol. The van der Waals surface area contributed by atoms with E-state index >= 15 is 0 Å². The predicted molar refractivity (Wildman–Crippen MR) is 123 cm³/mol. The molecular formula is C26H29N3O3. The van der Waals surface area contributed by atoms with Crippen molar-refractivity contribution in [2.24, 2.45) is 11.8 Å². The summed E-state index contributed by atoms with van der Waals surface area (Å²) >= 11 is 0. The number of amides is 3. The number of para-hydroxylation sites is 2. The Morgan fingerprint density at radius 3 is 2.25 bits per heavy atom. The summed E-state index contributed by atoms with van der Waals surface area (Å²) in [6, 6.07) is 18.0. The van der Waals surface area contributed by atoms with E-state index < -0.39 is 0 Å². The zero-order valence-electron chi connectivity index (χ0n) is 18.4. The molecule has 6 heteroatoms. The van der Waals surface area contributed by atoms with Crippen molar-refractivity contribution in [2.45, 2.75) is 51.1 Å². The van der Waals surface area contributed by atoms with Crippen molar-refractivity contribution in [3.63, 3.8) is 0 Å². The second kappa shape index (κ2) is 8.41. The number of benzene rings is 2. The normalized spacial score (nSPS) is 27.2. The third-order valence-corrected chi connectivity index (χ3v) is 7.20. The molecule has 1 aliphatic carbocycles. The summed E-state index contributed by atoms with van der Waals surface area (Å²) in [5.74, 6) is -0.961. The summed E-state index contributed by atoms with van der Waals surface area (Å²) in [6.07, 6.45) is 4.22. The second-order valence-electron chi connectivity index (χ2n) is 9.23. The van der Waals surface area contributed by atoms with Crippen molar-refractivity contribution in [3.8, 4) is 0 Å². The molecule has 2 fully saturated rings. The van der Waals surface area contributed by atoms with Crippen LogP contribution in [0.3, 0.4) is 0 Å². The minimum atomic E-state index is -0.227. The highest BCUT2D eigenvalue weighted by Gasteiger charge is 2.49. The lowest BCUT2D eigenvalue weighted by Gasteiger charge is -2.40. The quantitative estimate of drug-likeness (QED) is 0.739. The summed E-state index contributed by atoms with van der Waals surface area (Å²) in [7, 11) is 0. The van der Waals surface area contributed by atoms with Gasteiger partial charge in [-0.15, -0.1) is 0 Å². The molecule has 5 rings (SSSR count). The van der Waals surface area contributed by atoms with Gasteiger partial charge >= 0.3 is 0 Å². The van der Waals surface area contributed by atoms with Gasteiger partial charge in [0.15, 0.2) is 0 Å². The van der Waals surface area contributed by atoms with Crippen LogP contribution in [0.15, 0.2) is 54.6 Å². The number of nitrogens with zero attached hydrogens (tertiary/aromatic N) is 2. The van der Waals surface area contributed by atoms with Crippen LogP contribution in [0.5, 0.6) is 0 Å². The Morgan fingerprint density at radius 2 is 1.56 bits per heavy atom. The lowest BCUT2D eigenvalue weighted by atomic mass is 9.81. The van der Waals surface area contributed by atoms with Gasteiger partial charge in [0, 0.05) is 17.4 Å². The topological polar surface area (TPSA) is 69.7 Å². The summed E-state index contributed by atoms with van der Waals surface area (Å²) in [6.45, 7) is 1.86. The number of hydrogen-bond acceptors (Lipinski definition) is 4. The van der Waals surface area contributed by atoms with Crippen LogP contribution in [0.25, 0.3) is 0 Å². The van der Waals surface area contributed by atoms with Crippen molar-refractivity contribution < 1.29 is 14.4 Å². The third-order valence-electron chi connectivity index (χ3n) is 7.20. The first-order chi connectivity index (χ1) is 15.5. The maximum absolute atomic E-state index is 13.4. The van der Waals surface area contributed by atoms with Crippen LogP contribution in [-0.2, 0) is 14.4 Å². The fourth-order valence-electron chi connectivity index (χ4n) is 5.66. The van der Waals surface area contributed by atoms with Crippen LogP contribution in [0.2, 0.25) is 0 Å². The smallest absolute Gasteiger partial charge is 0.247 e. The molecule has 3 amide bonds. The van der Waals surface area contributed by atoms with E-state index in [0.29, 0.717) is 0 Å². The Kier molecular flexibility index (Phi) is 5.45. The molecule has 1 saturated carbocycles. The maximum atomic E-state index is 13.4. The van der Waals surface area contributed by atoms with Crippen molar-refractivity contribution in [1.29, 1.82) is 0 Å². The number of rotatable bonds is 4. The van der Waals surface area contributed by atoms with Gasteiger partial charge in [-0.1, -0.05) is 49.2 Å². The maximum Gasteiger partial charge on any atom is 0.247 e. The minimum Gasteiger partial charge on any atom is -0.378 e. The molecule has 166 valence electrons. The second-order valence-corrected chi connectivity index (χ2v) is 9.23. The summed E-state index contributed by atoms with van der Waals surface area (Å²) in [5.41, 5.74) is 2.94. The van der Waals surface area contributed by atoms with Crippen LogP contribution in [0.1, 0.15) is 50.6 Å². The first kappa shape index (κ1) is 20.7. The van der Waals surface area contributed by atoms with E-state index in [1.54, 1.807) is 4.90 Å². The number of imide groups is 1. The molecule has 2 aromatic rings. The van der Waals surface area contributed by atoms with Crippen molar-refractivity contribution in [2.75, 3.05) is 16.8 Å². The van der Waals surface area contributed by atoms with Gasteiger partial charge < -0.3 is 10.2 Å². The zero-order chi connectivity index (χ0) is 22.2. The molecule has 1 saturated heterocycles. The third kappa shape index (κ3) is 3.57. The van der Waals surface area contributed by atoms with Crippen LogP contribution < -0.4 is 10.2 Å². The number of anilines is 2. The van der Waals surface area contributed by atoms with Gasteiger partial charge in [-0.25, -0.2) is 0 Å². The highest BCUT2D eigenvalue weighted by Crippen LogP contribution is 2.40. The molecule has 0 radical (unpaired) electrons. The molecule has 0 unspecified atom stereocenters. The highest BCUT2D eigenvalue weighted by atomic mass is 16.2. The summed E-state index contributed by atoms with van der Waals surface area (Å²) in [4.78, 5) is 42.2. The van der Waals surface area contributed by atoms with E-state index in [4.69, 9.17) is 0 Å². The molecule has 2 heterocycles. The van der Waals surface area contributed by atoms with E-state index in [1.807, 2.05) is 61.5 Å². The van der Waals surface area contributed by atoms with Gasteiger partial charge in [-0.05, 0) is 49.9 Å². The summed E-state index contributed by atoms with van der Waals surface area (Å²) in [5, 5.41) is 3.59. The first-order valence-corrected chi connectivity index (χ1v) is 11.6. The number of likely N-dealkylation sites (tertiary alicyclic amines) is 1. The number of fused-ring (bicyclic) bond motifs is 2. The molecule has 0 spiro atoms. The number of carbonyl (C=O) groups excluding carboxylic acids is 3. The molecule has 2 aliphatic heterocycles. The zero-order valence-corrected chi connectivity index (χ0v) is 18.4. The molecule has 3 aliphatic rings. The van der Waals surface area contributed by atoms with E-state index in [0.717, 1.165) is 49.0 Å². The van der Waals surface area contributed by atoms with Crippen molar-refractivity contribution >= 4 is 29.1 Å². The number of nitrogens with one attached hydrogen (secondary N) is 1. The van der Waals surface area contributed by atoms with Gasteiger partial charge in [-0.3, -0.25) is 19.3 Å². The van der Waals surface area contributed by atoms with Gasteiger partial charge in [-0.2, -0.15) is 0 Å². The Bertz CT molecular complexity index is 1010. The van der Waals surface area contributed by atoms with E-state index in [1.165, 1.54) is 4.90 Å². The van der Waals surface area contributed by atoms with Gasteiger partial charge in [0.05, 0.1) is 17.9 Å². The standard InChI is InChI=1S/C26H29N3O3/c1-17-15-22(27-18-9-3-2-4-10-18)21-13-7-8-14-23(21)29(17)24(30)16-28-25(31)19-11-5-6-12-20(19)26(28)32/h2-4,7-10,13-14,17,19-20,22,27H,5-6,11-12,15-16H2,1H3/t17-,19-,20-,22+/m1/s1. The molecule has 32 heavy (non-hydrogen) atoms. The predicted octanol–water partition coefficient (Wildman–Crippen LogP) is 4.14. The fourth-order valence-corrected chi connectivity index (χ4v) is 5.66. The van der Waals surface area contributed by atoms with Crippen LogP contribution in [0, 0.1) is 11.8 Å². The van der Waals surface area contributed by atoms with Crippen molar-refractivity contribution in [1.82, 2.24) is 4.90 Å². The first-order valence-electron chi connectivity index (χ1n) is 11.6. The molecule has 1 N–H and O–H groups in total. The van der Waals surface area contributed by atoms with Crippen LogP contribution in [0.4, 0.5) is 11.4 Å². The lowest BCUT2D eigenvalue weighted by molar-refractivity contribution is -0.143. The molecule has 2 aromatic carbocycles. The largest absolute Gasteiger partial charge is 0.378 e. The fraction of sp³-hybridized carbons (Fsp3) is 0.423. The monoisotopic (exact) mass is 431 g/mol. The van der Waals surface area contributed by atoms with Crippen molar-refractivity contribution in [3.05, 3.63) is 60.2 Å². The van der Waals surface area contributed by atoms with E-state index in [-0.39, 0.29) is 48.2 Å². The summed E-state index contributed by atoms with van der Waals surface area (Å²) < 4.78 is 0. The molecule has 4 atom stereocenters. The van der Waals surface area contributed by atoms with Gasteiger partial charge in [0.1, 0.15) is 6.54 Å². The van der Waals surface area contributed by atoms with Gasteiger partial charge in [0.2, 0.25) is 17.7 Å². The molecule has 0 aromatic heterocycles. The Labute approximate surface area is 188 Å². The molecular weight excluding hydrogens is 402 g/mol.